The summed E-state index contributed by atoms with van der Waals surface area (Å²) in [5, 5.41) is 27.0. The normalized spacial score (nSPS) is 16.5. The molecule has 2 unspecified atom stereocenters. The van der Waals surface area contributed by atoms with E-state index >= 15 is 0 Å². The van der Waals surface area contributed by atoms with E-state index in [0.717, 1.165) is 26.1 Å². The van der Waals surface area contributed by atoms with Gasteiger partial charge in [0.05, 0.1) is 12.5 Å². The van der Waals surface area contributed by atoms with E-state index in [0.29, 0.717) is 12.8 Å². The van der Waals surface area contributed by atoms with E-state index in [1.807, 2.05) is 0 Å². The summed E-state index contributed by atoms with van der Waals surface area (Å²) in [6.07, 6.45) is 10.7. The van der Waals surface area contributed by atoms with Crippen molar-refractivity contribution in [3.63, 3.8) is 0 Å². The highest BCUT2D eigenvalue weighted by Gasteiger charge is 2.18. The van der Waals surface area contributed by atoms with Gasteiger partial charge in [-0.15, -0.1) is 0 Å². The second-order valence-electron chi connectivity index (χ2n) is 6.37. The van der Waals surface area contributed by atoms with Crippen LogP contribution in [-0.2, 0) is 9.53 Å². The first-order valence-electron chi connectivity index (χ1n) is 9.17. The Hall–Kier alpha value is -0.650. The van der Waals surface area contributed by atoms with Crippen LogP contribution < -0.4 is 0 Å². The van der Waals surface area contributed by atoms with E-state index in [2.05, 4.69) is 6.92 Å². The molecule has 1 saturated heterocycles. The number of aliphatic hydroxyl groups excluding tert-OH is 2. The molecule has 1 fully saturated rings. The van der Waals surface area contributed by atoms with Gasteiger partial charge in [0.1, 0.15) is 0 Å². The van der Waals surface area contributed by atoms with Gasteiger partial charge in [-0.3, -0.25) is 4.79 Å². The van der Waals surface area contributed by atoms with Crippen molar-refractivity contribution in [1.29, 1.82) is 0 Å². The number of carboxylic acids is 1. The largest absolute Gasteiger partial charge is 0.481 e. The van der Waals surface area contributed by atoms with Crippen LogP contribution in [0.25, 0.3) is 0 Å². The molecule has 0 radical (unpaired) electrons. The van der Waals surface area contributed by atoms with E-state index in [1.54, 1.807) is 0 Å². The van der Waals surface area contributed by atoms with Gasteiger partial charge in [0.2, 0.25) is 0 Å². The highest BCUT2D eigenvalue weighted by Crippen LogP contribution is 2.19. The maximum atomic E-state index is 10.7. The lowest BCUT2D eigenvalue weighted by Gasteiger charge is -2.16. The first-order valence-corrected chi connectivity index (χ1v) is 9.17. The number of carbonyl (C=O) groups is 1. The average Bonchev–Trinajstić information content (AvgIpc) is 3.12. The Balaban J connectivity index is 0.000000809. The van der Waals surface area contributed by atoms with Crippen molar-refractivity contribution in [2.45, 2.75) is 71.1 Å². The van der Waals surface area contributed by atoms with Crippen LogP contribution in [0.15, 0.2) is 0 Å². The Morgan fingerprint density at radius 2 is 1.61 bits per heavy atom. The minimum atomic E-state index is -0.947. The molecule has 0 amide bonds. The molecule has 5 heteroatoms. The SMILES string of the molecule is C1CCOC1.CCCCCCCC(CO)CCC(CO)C(=O)O. The molecule has 0 aromatic carbocycles. The van der Waals surface area contributed by atoms with Gasteiger partial charge in [-0.2, -0.15) is 0 Å². The molecular formula is C18H36O5. The molecule has 23 heavy (non-hydrogen) atoms. The lowest BCUT2D eigenvalue weighted by molar-refractivity contribution is -0.143. The van der Waals surface area contributed by atoms with Gasteiger partial charge in [0, 0.05) is 19.8 Å². The lowest BCUT2D eigenvalue weighted by atomic mass is 9.92. The van der Waals surface area contributed by atoms with Crippen LogP contribution in [0.2, 0.25) is 0 Å². The van der Waals surface area contributed by atoms with Crippen LogP contribution in [0, 0.1) is 11.8 Å². The first kappa shape index (κ1) is 22.4. The molecule has 1 aliphatic rings. The zero-order valence-electron chi connectivity index (χ0n) is 14.7. The average molecular weight is 332 g/mol. The molecule has 5 nitrogen and oxygen atoms in total. The predicted octanol–water partition coefficient (Wildman–Crippen LogP) is 3.23. The van der Waals surface area contributed by atoms with Crippen LogP contribution in [0.3, 0.4) is 0 Å². The van der Waals surface area contributed by atoms with Crippen molar-refractivity contribution < 1.29 is 24.9 Å². The zero-order valence-corrected chi connectivity index (χ0v) is 14.7. The standard InChI is InChI=1S/C14H28O4.C4H8O/c1-2-3-4-5-6-7-12(10-15)8-9-13(11-16)14(17)18;1-2-4-5-3-1/h12-13,15-16H,2-11H2,1H3,(H,17,18);1-4H2. The maximum Gasteiger partial charge on any atom is 0.308 e. The molecule has 0 bridgehead atoms. The third-order valence-corrected chi connectivity index (χ3v) is 4.29. The minimum Gasteiger partial charge on any atom is -0.481 e. The van der Waals surface area contributed by atoms with Crippen molar-refractivity contribution >= 4 is 5.97 Å². The number of rotatable bonds is 12. The molecule has 1 heterocycles. The van der Waals surface area contributed by atoms with Gasteiger partial charge in [0.15, 0.2) is 0 Å². The molecule has 0 aliphatic carbocycles. The number of carboxylic acid groups (broad SMARTS) is 1. The van der Waals surface area contributed by atoms with Gasteiger partial charge < -0.3 is 20.1 Å². The fourth-order valence-electron chi connectivity index (χ4n) is 2.60. The molecule has 0 aromatic heterocycles. The Kier molecular flexibility index (Phi) is 15.8. The molecule has 0 spiro atoms. The summed E-state index contributed by atoms with van der Waals surface area (Å²) in [5.74, 6) is -1.45. The number of unbranched alkanes of at least 4 members (excludes halogenated alkanes) is 4. The summed E-state index contributed by atoms with van der Waals surface area (Å²) in [5.41, 5.74) is 0. The number of aliphatic hydroxyl groups is 2. The zero-order chi connectivity index (χ0) is 17.3. The fraction of sp³-hybridized carbons (Fsp3) is 0.944. The third kappa shape index (κ3) is 13.5. The smallest absolute Gasteiger partial charge is 0.308 e. The number of hydrogen-bond acceptors (Lipinski definition) is 4. The summed E-state index contributed by atoms with van der Waals surface area (Å²) in [7, 11) is 0. The third-order valence-electron chi connectivity index (χ3n) is 4.29. The Labute approximate surface area is 141 Å². The van der Waals surface area contributed by atoms with E-state index in [1.165, 1.54) is 38.5 Å². The van der Waals surface area contributed by atoms with E-state index in [-0.39, 0.29) is 19.1 Å². The second-order valence-corrected chi connectivity index (χ2v) is 6.37. The molecule has 1 aliphatic heterocycles. The van der Waals surface area contributed by atoms with E-state index in [9.17, 15) is 9.90 Å². The quantitative estimate of drug-likeness (QED) is 0.478. The van der Waals surface area contributed by atoms with Crippen molar-refractivity contribution in [3.8, 4) is 0 Å². The van der Waals surface area contributed by atoms with Gasteiger partial charge in [0.25, 0.3) is 0 Å². The van der Waals surface area contributed by atoms with Crippen molar-refractivity contribution in [2.24, 2.45) is 11.8 Å². The van der Waals surface area contributed by atoms with Crippen LogP contribution >= 0.6 is 0 Å². The summed E-state index contributed by atoms with van der Waals surface area (Å²) >= 11 is 0. The summed E-state index contributed by atoms with van der Waals surface area (Å²) in [6, 6.07) is 0. The van der Waals surface area contributed by atoms with Crippen molar-refractivity contribution in [1.82, 2.24) is 0 Å². The Morgan fingerprint density at radius 1 is 0.957 bits per heavy atom. The molecule has 1 rings (SSSR count). The van der Waals surface area contributed by atoms with Crippen LogP contribution in [0.4, 0.5) is 0 Å². The van der Waals surface area contributed by atoms with E-state index < -0.39 is 11.9 Å². The molecule has 2 atom stereocenters. The highest BCUT2D eigenvalue weighted by molar-refractivity contribution is 5.69. The molecular weight excluding hydrogens is 296 g/mol. The Morgan fingerprint density at radius 3 is 2.04 bits per heavy atom. The van der Waals surface area contributed by atoms with Gasteiger partial charge in [-0.25, -0.2) is 0 Å². The predicted molar refractivity (Wildman–Crippen MR) is 91.5 cm³/mol. The lowest BCUT2D eigenvalue weighted by Crippen LogP contribution is -2.19. The van der Waals surface area contributed by atoms with Gasteiger partial charge >= 0.3 is 5.97 Å². The summed E-state index contributed by atoms with van der Waals surface area (Å²) in [4.78, 5) is 10.7. The Bertz CT molecular complexity index is 259. The topological polar surface area (TPSA) is 87.0 Å². The number of ether oxygens (including phenoxy) is 1. The van der Waals surface area contributed by atoms with Crippen LogP contribution in [0.1, 0.15) is 71.1 Å². The summed E-state index contributed by atoms with van der Waals surface area (Å²) in [6.45, 7) is 3.98. The van der Waals surface area contributed by atoms with E-state index in [4.69, 9.17) is 14.9 Å². The number of aliphatic carboxylic acids is 1. The highest BCUT2D eigenvalue weighted by atomic mass is 16.5. The molecule has 138 valence electrons. The van der Waals surface area contributed by atoms with Crippen LogP contribution in [0.5, 0.6) is 0 Å². The van der Waals surface area contributed by atoms with Gasteiger partial charge in [-0.05, 0) is 38.0 Å². The second kappa shape index (κ2) is 16.2. The summed E-state index contributed by atoms with van der Waals surface area (Å²) < 4.78 is 4.94. The minimum absolute atomic E-state index is 0.117. The van der Waals surface area contributed by atoms with Crippen molar-refractivity contribution in [3.05, 3.63) is 0 Å². The first-order chi connectivity index (χ1) is 11.2. The maximum absolute atomic E-state index is 10.7. The van der Waals surface area contributed by atoms with Crippen LogP contribution in [-0.4, -0.2) is 47.7 Å². The van der Waals surface area contributed by atoms with Crippen molar-refractivity contribution in [2.75, 3.05) is 26.4 Å². The monoisotopic (exact) mass is 332 g/mol. The molecule has 0 saturated carbocycles. The molecule has 3 N–H and O–H groups in total. The number of hydrogen-bond donors (Lipinski definition) is 3. The van der Waals surface area contributed by atoms with Gasteiger partial charge in [-0.1, -0.05) is 39.0 Å². The fourth-order valence-corrected chi connectivity index (χ4v) is 2.60. The molecule has 0 aromatic rings.